The molecule has 0 aliphatic rings. The van der Waals surface area contributed by atoms with Crippen molar-refractivity contribution in [1.82, 2.24) is 14.8 Å². The Bertz CT molecular complexity index is 1150. The zero-order valence-electron chi connectivity index (χ0n) is 15.9. The molecule has 0 aliphatic heterocycles. The summed E-state index contributed by atoms with van der Waals surface area (Å²) in [5.41, 5.74) is 6.31. The van der Waals surface area contributed by atoms with E-state index in [1.807, 2.05) is 41.0 Å². The van der Waals surface area contributed by atoms with Crippen LogP contribution in [0.4, 0.5) is 0 Å². The number of primary amides is 1. The van der Waals surface area contributed by atoms with E-state index in [0.717, 1.165) is 10.4 Å². The van der Waals surface area contributed by atoms with Crippen LogP contribution in [0, 0.1) is 0 Å². The number of rotatable bonds is 9. The molecule has 4 rings (SSSR count). The second kappa shape index (κ2) is 9.10. The number of Topliss-reactive ketones (excluding diaryl/α,β-unsaturated/α-hetero) is 1. The van der Waals surface area contributed by atoms with Gasteiger partial charge < -0.3 is 10.2 Å². The fraction of sp³-hybridized carbons (Fsp3) is 0.143. The number of amides is 1. The van der Waals surface area contributed by atoms with Crippen LogP contribution in [0.15, 0.2) is 70.4 Å². The quantitative estimate of drug-likeness (QED) is 0.316. The summed E-state index contributed by atoms with van der Waals surface area (Å²) >= 11 is 2.62. The van der Waals surface area contributed by atoms with E-state index in [4.69, 9.17) is 10.2 Å². The smallest absolute Gasteiger partial charge is 0.222 e. The van der Waals surface area contributed by atoms with Gasteiger partial charge in [0.15, 0.2) is 16.7 Å². The number of aromatic nitrogens is 3. The van der Waals surface area contributed by atoms with Crippen molar-refractivity contribution in [2.45, 2.75) is 18.1 Å². The summed E-state index contributed by atoms with van der Waals surface area (Å²) in [5.74, 6) is 0.991. The number of carbonyl (C=O) groups excluding carboxylic acids is 2. The fourth-order valence-electron chi connectivity index (χ4n) is 2.89. The van der Waals surface area contributed by atoms with Crippen LogP contribution >= 0.6 is 23.1 Å². The van der Waals surface area contributed by atoms with Crippen molar-refractivity contribution in [2.24, 2.45) is 5.73 Å². The van der Waals surface area contributed by atoms with Crippen molar-refractivity contribution < 1.29 is 14.0 Å². The van der Waals surface area contributed by atoms with E-state index in [-0.39, 0.29) is 18.0 Å². The Morgan fingerprint density at radius 3 is 2.63 bits per heavy atom. The zero-order valence-corrected chi connectivity index (χ0v) is 17.5. The van der Waals surface area contributed by atoms with Crippen LogP contribution in [-0.4, -0.2) is 32.2 Å². The van der Waals surface area contributed by atoms with Crippen molar-refractivity contribution in [3.05, 3.63) is 76.2 Å². The second-order valence-electron chi connectivity index (χ2n) is 6.48. The van der Waals surface area contributed by atoms with E-state index in [2.05, 4.69) is 10.2 Å². The third-order valence-electron chi connectivity index (χ3n) is 4.26. The molecular formula is C21H18N4O3S2. The van der Waals surface area contributed by atoms with E-state index in [9.17, 15) is 9.59 Å². The second-order valence-corrected chi connectivity index (χ2v) is 8.59. The first-order valence-electron chi connectivity index (χ1n) is 9.14. The first-order chi connectivity index (χ1) is 14.6. The highest BCUT2D eigenvalue weighted by Gasteiger charge is 2.19. The molecule has 0 saturated carbocycles. The van der Waals surface area contributed by atoms with Crippen molar-refractivity contribution in [3.8, 4) is 11.6 Å². The Labute approximate surface area is 180 Å². The maximum absolute atomic E-state index is 12.6. The van der Waals surface area contributed by atoms with Crippen LogP contribution in [0.1, 0.15) is 20.1 Å². The summed E-state index contributed by atoms with van der Waals surface area (Å²) in [4.78, 5) is 25.1. The van der Waals surface area contributed by atoms with Crippen LogP contribution in [-0.2, 0) is 17.8 Å². The van der Waals surface area contributed by atoms with Gasteiger partial charge in [0, 0.05) is 4.88 Å². The lowest BCUT2D eigenvalue weighted by molar-refractivity contribution is -0.117. The minimum atomic E-state index is -0.412. The van der Waals surface area contributed by atoms with Gasteiger partial charge in [0.2, 0.25) is 11.7 Å². The third kappa shape index (κ3) is 4.69. The number of benzene rings is 1. The molecule has 3 heterocycles. The van der Waals surface area contributed by atoms with E-state index >= 15 is 0 Å². The summed E-state index contributed by atoms with van der Waals surface area (Å²) in [6.45, 7) is 0.558. The Hall–Kier alpha value is -3.17. The summed E-state index contributed by atoms with van der Waals surface area (Å²) < 4.78 is 7.45. The molecule has 0 fully saturated rings. The molecule has 7 nitrogen and oxygen atoms in total. The maximum atomic E-state index is 12.6. The highest BCUT2D eigenvalue weighted by atomic mass is 32.2. The van der Waals surface area contributed by atoms with E-state index in [1.54, 1.807) is 24.5 Å². The summed E-state index contributed by atoms with van der Waals surface area (Å²) in [7, 11) is 0. The molecule has 0 spiro atoms. The standard InChI is InChI=1S/C21H18N4O3S2/c22-19(27)11-15-8-9-18(30-15)16(26)13-29-21-24-23-20(17-7-4-10-28-17)25(21)12-14-5-2-1-3-6-14/h1-10H,11-13H2,(H2,22,27). The van der Waals surface area contributed by atoms with E-state index in [1.165, 1.54) is 23.1 Å². The molecule has 1 aromatic carbocycles. The van der Waals surface area contributed by atoms with Gasteiger partial charge in [0.05, 0.1) is 29.9 Å². The van der Waals surface area contributed by atoms with Crippen molar-refractivity contribution in [1.29, 1.82) is 0 Å². The normalized spacial score (nSPS) is 10.9. The van der Waals surface area contributed by atoms with Gasteiger partial charge in [-0.25, -0.2) is 0 Å². The lowest BCUT2D eigenvalue weighted by Gasteiger charge is -2.09. The summed E-state index contributed by atoms with van der Waals surface area (Å²) in [6, 6.07) is 17.1. The Morgan fingerprint density at radius 2 is 1.90 bits per heavy atom. The lowest BCUT2D eigenvalue weighted by atomic mass is 10.2. The molecule has 0 aliphatic carbocycles. The average Bonchev–Trinajstić information content (AvgIpc) is 3.48. The van der Waals surface area contributed by atoms with Gasteiger partial charge in [-0.05, 0) is 29.8 Å². The van der Waals surface area contributed by atoms with Gasteiger partial charge in [-0.1, -0.05) is 42.1 Å². The fourth-order valence-corrected chi connectivity index (χ4v) is 4.76. The molecule has 4 aromatic rings. The third-order valence-corrected chi connectivity index (χ3v) is 6.35. The first-order valence-corrected chi connectivity index (χ1v) is 10.9. The maximum Gasteiger partial charge on any atom is 0.222 e. The average molecular weight is 439 g/mol. The van der Waals surface area contributed by atoms with Crippen molar-refractivity contribution in [3.63, 3.8) is 0 Å². The number of hydrogen-bond donors (Lipinski definition) is 1. The molecule has 0 atom stereocenters. The van der Waals surface area contributed by atoms with Crippen LogP contribution in [0.25, 0.3) is 11.6 Å². The van der Waals surface area contributed by atoms with Gasteiger partial charge in [0.25, 0.3) is 0 Å². The number of carbonyl (C=O) groups is 2. The summed E-state index contributed by atoms with van der Waals surface area (Å²) in [5, 5.41) is 9.20. The van der Waals surface area contributed by atoms with Crippen molar-refractivity contribution >= 4 is 34.8 Å². The van der Waals surface area contributed by atoms with Crippen molar-refractivity contribution in [2.75, 3.05) is 5.75 Å². The molecule has 0 unspecified atom stereocenters. The largest absolute Gasteiger partial charge is 0.461 e. The minimum absolute atomic E-state index is 0.0328. The molecular weight excluding hydrogens is 420 g/mol. The SMILES string of the molecule is NC(=O)Cc1ccc(C(=O)CSc2nnc(-c3ccco3)n2Cc2ccccc2)s1. The molecule has 1 amide bonds. The zero-order chi connectivity index (χ0) is 20.9. The van der Waals surface area contributed by atoms with Gasteiger partial charge in [-0.15, -0.1) is 21.5 Å². The topological polar surface area (TPSA) is 104 Å². The summed E-state index contributed by atoms with van der Waals surface area (Å²) in [6.07, 6.45) is 1.73. The number of nitrogens with zero attached hydrogens (tertiary/aromatic N) is 3. The van der Waals surface area contributed by atoms with Crippen LogP contribution in [0.2, 0.25) is 0 Å². The van der Waals surface area contributed by atoms with Gasteiger partial charge in [-0.2, -0.15) is 0 Å². The molecule has 30 heavy (non-hydrogen) atoms. The number of thiophene rings is 1. The molecule has 152 valence electrons. The Morgan fingerprint density at radius 1 is 1.07 bits per heavy atom. The van der Waals surface area contributed by atoms with Crippen LogP contribution in [0.3, 0.4) is 0 Å². The highest BCUT2D eigenvalue weighted by molar-refractivity contribution is 7.99. The molecule has 0 saturated heterocycles. The predicted octanol–water partition coefficient (Wildman–Crippen LogP) is 3.65. The Balaban J connectivity index is 1.53. The number of furan rings is 1. The first kappa shape index (κ1) is 20.1. The Kier molecular flexibility index (Phi) is 6.10. The molecule has 9 heteroatoms. The van der Waals surface area contributed by atoms with Crippen LogP contribution < -0.4 is 5.73 Å². The van der Waals surface area contributed by atoms with Gasteiger partial charge >= 0.3 is 0 Å². The molecule has 3 aromatic heterocycles. The van der Waals surface area contributed by atoms with Crippen LogP contribution in [0.5, 0.6) is 0 Å². The molecule has 2 N–H and O–H groups in total. The monoisotopic (exact) mass is 438 g/mol. The molecule has 0 radical (unpaired) electrons. The van der Waals surface area contributed by atoms with E-state index < -0.39 is 5.91 Å². The van der Waals surface area contributed by atoms with Gasteiger partial charge in [-0.3, -0.25) is 14.2 Å². The number of ketones is 1. The van der Waals surface area contributed by atoms with Gasteiger partial charge in [0.1, 0.15) is 0 Å². The molecule has 0 bridgehead atoms. The number of nitrogens with two attached hydrogens (primary N) is 1. The predicted molar refractivity (Wildman–Crippen MR) is 116 cm³/mol. The van der Waals surface area contributed by atoms with E-state index in [0.29, 0.717) is 28.2 Å². The highest BCUT2D eigenvalue weighted by Crippen LogP contribution is 2.27. The lowest BCUT2D eigenvalue weighted by Crippen LogP contribution is -2.12. The minimum Gasteiger partial charge on any atom is -0.461 e. The number of hydrogen-bond acceptors (Lipinski definition) is 7. The number of thioether (sulfide) groups is 1.